The van der Waals surface area contributed by atoms with Crippen LogP contribution in [0.25, 0.3) is 0 Å². The lowest BCUT2D eigenvalue weighted by Crippen LogP contribution is -2.61. The number of hydrogen-bond donors (Lipinski definition) is 1. The molecule has 14 heavy (non-hydrogen) atoms. The van der Waals surface area contributed by atoms with Crippen LogP contribution in [0.4, 0.5) is 0 Å². The molecule has 0 spiro atoms. The molecule has 0 aromatic rings. The van der Waals surface area contributed by atoms with Gasteiger partial charge in [-0.05, 0) is 31.7 Å². The predicted octanol–water partition coefficient (Wildman–Crippen LogP) is 1.86. The Morgan fingerprint density at radius 1 is 1.29 bits per heavy atom. The average Bonchev–Trinajstić information content (AvgIpc) is 2.04. The van der Waals surface area contributed by atoms with Gasteiger partial charge < -0.3 is 5.32 Å². The van der Waals surface area contributed by atoms with E-state index in [1.54, 1.807) is 0 Å². The standard InChI is InChI=1S/C12H24N2/c1-10(2)7-11-5-3-4-6-14(11)12-8-13-9-12/h10-13H,3-9H2,1-2H3. The van der Waals surface area contributed by atoms with Crippen LogP contribution in [0.2, 0.25) is 0 Å². The molecule has 2 heterocycles. The SMILES string of the molecule is CC(C)CC1CCCCN1C1CNC1. The summed E-state index contributed by atoms with van der Waals surface area (Å²) in [6.45, 7) is 8.52. The van der Waals surface area contributed by atoms with Crippen molar-refractivity contribution < 1.29 is 0 Å². The van der Waals surface area contributed by atoms with Crippen molar-refractivity contribution in [3.05, 3.63) is 0 Å². The lowest BCUT2D eigenvalue weighted by atomic mass is 9.91. The van der Waals surface area contributed by atoms with Crippen molar-refractivity contribution in [1.29, 1.82) is 0 Å². The first-order valence-corrected chi connectivity index (χ1v) is 6.24. The van der Waals surface area contributed by atoms with E-state index in [2.05, 4.69) is 24.1 Å². The minimum absolute atomic E-state index is 0.855. The largest absolute Gasteiger partial charge is 0.314 e. The smallest absolute Gasteiger partial charge is 0.0348 e. The van der Waals surface area contributed by atoms with Crippen molar-refractivity contribution >= 4 is 0 Å². The Morgan fingerprint density at radius 2 is 2.07 bits per heavy atom. The lowest BCUT2D eigenvalue weighted by molar-refractivity contribution is 0.0543. The van der Waals surface area contributed by atoms with E-state index < -0.39 is 0 Å². The zero-order valence-corrected chi connectivity index (χ0v) is 9.63. The fourth-order valence-electron chi connectivity index (χ4n) is 2.81. The minimum Gasteiger partial charge on any atom is -0.314 e. The molecule has 2 saturated heterocycles. The number of piperidine rings is 1. The molecule has 0 radical (unpaired) electrons. The number of nitrogens with one attached hydrogen (secondary N) is 1. The summed E-state index contributed by atoms with van der Waals surface area (Å²) in [7, 11) is 0. The molecule has 2 heteroatoms. The number of likely N-dealkylation sites (tertiary alicyclic amines) is 1. The summed E-state index contributed by atoms with van der Waals surface area (Å²) in [5, 5.41) is 3.39. The molecule has 1 N–H and O–H groups in total. The van der Waals surface area contributed by atoms with Crippen LogP contribution in [-0.4, -0.2) is 36.6 Å². The molecule has 0 bridgehead atoms. The maximum absolute atomic E-state index is 3.39. The second-order valence-electron chi connectivity index (χ2n) is 5.33. The summed E-state index contributed by atoms with van der Waals surface area (Å²) in [6.07, 6.45) is 5.71. The monoisotopic (exact) mass is 196 g/mol. The number of hydrogen-bond acceptors (Lipinski definition) is 2. The van der Waals surface area contributed by atoms with Gasteiger partial charge in [-0.2, -0.15) is 0 Å². The first-order chi connectivity index (χ1) is 6.77. The summed E-state index contributed by atoms with van der Waals surface area (Å²) in [4.78, 5) is 2.78. The van der Waals surface area contributed by atoms with Gasteiger partial charge in [0.15, 0.2) is 0 Å². The highest BCUT2D eigenvalue weighted by atomic mass is 15.3. The molecule has 0 aromatic carbocycles. The topological polar surface area (TPSA) is 15.3 Å². The molecule has 2 aliphatic rings. The quantitative estimate of drug-likeness (QED) is 0.741. The van der Waals surface area contributed by atoms with Crippen molar-refractivity contribution in [1.82, 2.24) is 10.2 Å². The second-order valence-corrected chi connectivity index (χ2v) is 5.33. The van der Waals surface area contributed by atoms with Gasteiger partial charge in [0.25, 0.3) is 0 Å². The minimum atomic E-state index is 0.855. The molecule has 2 rings (SSSR count). The summed E-state index contributed by atoms with van der Waals surface area (Å²) in [5.41, 5.74) is 0. The molecule has 0 aromatic heterocycles. The summed E-state index contributed by atoms with van der Waals surface area (Å²) in [6, 6.07) is 1.75. The van der Waals surface area contributed by atoms with E-state index in [1.807, 2.05) is 0 Å². The van der Waals surface area contributed by atoms with Crippen LogP contribution >= 0.6 is 0 Å². The second kappa shape index (κ2) is 4.63. The maximum Gasteiger partial charge on any atom is 0.0348 e. The van der Waals surface area contributed by atoms with Gasteiger partial charge >= 0.3 is 0 Å². The van der Waals surface area contributed by atoms with Crippen molar-refractivity contribution in [2.24, 2.45) is 5.92 Å². The van der Waals surface area contributed by atoms with Crippen LogP contribution in [0.5, 0.6) is 0 Å². The van der Waals surface area contributed by atoms with Crippen molar-refractivity contribution in [2.75, 3.05) is 19.6 Å². The zero-order chi connectivity index (χ0) is 9.97. The van der Waals surface area contributed by atoms with Gasteiger partial charge in [-0.1, -0.05) is 20.3 Å². The Balaban J connectivity index is 1.88. The van der Waals surface area contributed by atoms with Gasteiger partial charge in [0.1, 0.15) is 0 Å². The van der Waals surface area contributed by atoms with E-state index >= 15 is 0 Å². The van der Waals surface area contributed by atoms with E-state index in [4.69, 9.17) is 0 Å². The van der Waals surface area contributed by atoms with Crippen LogP contribution in [0.3, 0.4) is 0 Å². The van der Waals surface area contributed by atoms with E-state index in [0.717, 1.165) is 18.0 Å². The first-order valence-electron chi connectivity index (χ1n) is 6.24. The Hall–Kier alpha value is -0.0800. The van der Waals surface area contributed by atoms with E-state index in [-0.39, 0.29) is 0 Å². The van der Waals surface area contributed by atoms with Crippen molar-refractivity contribution in [3.8, 4) is 0 Å². The van der Waals surface area contributed by atoms with Crippen LogP contribution in [-0.2, 0) is 0 Å². The molecule has 1 atom stereocenters. The van der Waals surface area contributed by atoms with Gasteiger partial charge in [-0.15, -0.1) is 0 Å². The number of nitrogens with zero attached hydrogens (tertiary/aromatic N) is 1. The molecule has 82 valence electrons. The molecule has 0 saturated carbocycles. The first kappa shape index (κ1) is 10.4. The van der Waals surface area contributed by atoms with Gasteiger partial charge in [-0.3, -0.25) is 4.90 Å². The molecule has 2 aliphatic heterocycles. The average molecular weight is 196 g/mol. The number of rotatable bonds is 3. The Morgan fingerprint density at radius 3 is 2.64 bits per heavy atom. The fraction of sp³-hybridized carbons (Fsp3) is 1.00. The molecule has 1 unspecified atom stereocenters. The summed E-state index contributed by atoms with van der Waals surface area (Å²) < 4.78 is 0. The van der Waals surface area contributed by atoms with Gasteiger partial charge in [0.2, 0.25) is 0 Å². The highest BCUT2D eigenvalue weighted by molar-refractivity contribution is 4.90. The van der Waals surface area contributed by atoms with Crippen LogP contribution in [0.15, 0.2) is 0 Å². The molecular weight excluding hydrogens is 172 g/mol. The van der Waals surface area contributed by atoms with Gasteiger partial charge in [0.05, 0.1) is 0 Å². The Kier molecular flexibility index (Phi) is 3.45. The lowest BCUT2D eigenvalue weighted by Gasteiger charge is -2.46. The maximum atomic E-state index is 3.39. The predicted molar refractivity (Wildman–Crippen MR) is 60.5 cm³/mol. The molecule has 0 aliphatic carbocycles. The highest BCUT2D eigenvalue weighted by Crippen LogP contribution is 2.25. The third kappa shape index (κ3) is 2.29. The third-order valence-corrected chi connectivity index (χ3v) is 3.65. The molecular formula is C12H24N2. The molecule has 2 nitrogen and oxygen atoms in total. The highest BCUT2D eigenvalue weighted by Gasteiger charge is 2.31. The molecule has 0 amide bonds. The van der Waals surface area contributed by atoms with Gasteiger partial charge in [0, 0.05) is 25.2 Å². The zero-order valence-electron chi connectivity index (χ0n) is 9.63. The van der Waals surface area contributed by atoms with E-state index in [0.29, 0.717) is 0 Å². The Bertz CT molecular complexity index is 175. The normalized spacial score (nSPS) is 30.6. The fourth-order valence-corrected chi connectivity index (χ4v) is 2.81. The van der Waals surface area contributed by atoms with Gasteiger partial charge in [-0.25, -0.2) is 0 Å². The van der Waals surface area contributed by atoms with E-state index in [1.165, 1.54) is 45.3 Å². The van der Waals surface area contributed by atoms with E-state index in [9.17, 15) is 0 Å². The van der Waals surface area contributed by atoms with Crippen molar-refractivity contribution in [3.63, 3.8) is 0 Å². The van der Waals surface area contributed by atoms with Crippen LogP contribution in [0, 0.1) is 5.92 Å². The summed E-state index contributed by atoms with van der Waals surface area (Å²) >= 11 is 0. The Labute approximate surface area is 88.1 Å². The summed E-state index contributed by atoms with van der Waals surface area (Å²) in [5.74, 6) is 0.855. The van der Waals surface area contributed by atoms with Crippen LogP contribution in [0.1, 0.15) is 39.5 Å². The third-order valence-electron chi connectivity index (χ3n) is 3.65. The van der Waals surface area contributed by atoms with Crippen LogP contribution < -0.4 is 5.32 Å². The van der Waals surface area contributed by atoms with Crippen molar-refractivity contribution in [2.45, 2.75) is 51.6 Å². The molecule has 2 fully saturated rings.